The first kappa shape index (κ1) is 15.8. The summed E-state index contributed by atoms with van der Waals surface area (Å²) in [5, 5.41) is 29.8. The highest BCUT2D eigenvalue weighted by Gasteiger charge is 2.38. The summed E-state index contributed by atoms with van der Waals surface area (Å²) in [4.78, 5) is 10.7. The van der Waals surface area contributed by atoms with E-state index in [2.05, 4.69) is 6.07 Å². The number of benzene rings is 2. The van der Waals surface area contributed by atoms with Gasteiger partial charge in [-0.15, -0.1) is 0 Å². The molecule has 0 saturated heterocycles. The Bertz CT molecular complexity index is 1110. The summed E-state index contributed by atoms with van der Waals surface area (Å²) in [6.45, 7) is 0. The second-order valence-electron chi connectivity index (χ2n) is 6.25. The molecule has 4 rings (SSSR count). The number of nitro benzene ring substituents is 1. The fourth-order valence-corrected chi connectivity index (χ4v) is 3.54. The number of aromatic nitrogens is 1. The number of ether oxygens (including phenoxy) is 1. The van der Waals surface area contributed by atoms with Gasteiger partial charge in [0.2, 0.25) is 5.90 Å². The van der Waals surface area contributed by atoms with Crippen molar-refractivity contribution in [1.29, 1.82) is 10.7 Å². The Kier molecular flexibility index (Phi) is 3.48. The molecule has 0 spiro atoms. The van der Waals surface area contributed by atoms with Crippen LogP contribution in [0.3, 0.4) is 0 Å². The van der Waals surface area contributed by atoms with Gasteiger partial charge in [0, 0.05) is 42.2 Å². The minimum atomic E-state index is -0.842. The topological polar surface area (TPSA) is 105 Å². The van der Waals surface area contributed by atoms with Crippen molar-refractivity contribution in [3.8, 4) is 11.8 Å². The van der Waals surface area contributed by atoms with Crippen LogP contribution in [0.4, 0.5) is 5.69 Å². The standard InChI is InChI=1S/C19H14N4O3/c1-22-8-7-13-16(22)6-5-14-17(15(10-20)19(21)26-18(13)14)11-3-2-4-12(9-11)23(24)25/h2-9,15,17,21H,1H3. The number of nitriles is 1. The largest absolute Gasteiger partial charge is 0.441 e. The van der Waals surface area contributed by atoms with E-state index < -0.39 is 16.8 Å². The highest BCUT2D eigenvalue weighted by molar-refractivity contribution is 5.95. The lowest BCUT2D eigenvalue weighted by atomic mass is 9.78. The molecule has 2 aromatic carbocycles. The van der Waals surface area contributed by atoms with E-state index in [0.29, 0.717) is 11.3 Å². The van der Waals surface area contributed by atoms with Crippen LogP contribution in [0.1, 0.15) is 17.0 Å². The Hall–Kier alpha value is -3.66. The van der Waals surface area contributed by atoms with Gasteiger partial charge >= 0.3 is 0 Å². The molecule has 7 heteroatoms. The summed E-state index contributed by atoms with van der Waals surface area (Å²) in [5.74, 6) is -0.949. The average molecular weight is 346 g/mol. The van der Waals surface area contributed by atoms with Crippen LogP contribution < -0.4 is 4.74 Å². The maximum Gasteiger partial charge on any atom is 0.269 e. The molecule has 1 aliphatic heterocycles. The fraction of sp³-hybridized carbons (Fsp3) is 0.158. The molecular formula is C19H14N4O3. The number of nitro groups is 1. The highest BCUT2D eigenvalue weighted by atomic mass is 16.6. The van der Waals surface area contributed by atoms with Gasteiger partial charge in [0.15, 0.2) is 0 Å². The van der Waals surface area contributed by atoms with Crippen molar-refractivity contribution in [3.05, 3.63) is 69.9 Å². The molecule has 0 saturated carbocycles. The molecule has 26 heavy (non-hydrogen) atoms. The Morgan fingerprint density at radius 1 is 1.31 bits per heavy atom. The van der Waals surface area contributed by atoms with Gasteiger partial charge in [0.25, 0.3) is 5.69 Å². The number of fused-ring (bicyclic) bond motifs is 3. The van der Waals surface area contributed by atoms with E-state index in [1.807, 2.05) is 36.0 Å². The molecule has 1 aliphatic rings. The van der Waals surface area contributed by atoms with E-state index >= 15 is 0 Å². The predicted octanol–water partition coefficient (Wildman–Crippen LogP) is 3.73. The number of hydrogen-bond acceptors (Lipinski definition) is 5. The van der Waals surface area contributed by atoms with E-state index in [0.717, 1.165) is 16.5 Å². The maximum atomic E-state index is 11.1. The molecule has 3 aromatic rings. The van der Waals surface area contributed by atoms with Gasteiger partial charge in [0.05, 0.1) is 16.5 Å². The van der Waals surface area contributed by atoms with E-state index in [9.17, 15) is 15.4 Å². The van der Waals surface area contributed by atoms with Gasteiger partial charge in [0.1, 0.15) is 11.7 Å². The minimum absolute atomic E-state index is 0.0421. The fourth-order valence-electron chi connectivity index (χ4n) is 3.54. The Morgan fingerprint density at radius 2 is 2.12 bits per heavy atom. The number of hydrogen-bond donors (Lipinski definition) is 1. The molecule has 128 valence electrons. The lowest BCUT2D eigenvalue weighted by molar-refractivity contribution is -0.384. The molecule has 0 aliphatic carbocycles. The quantitative estimate of drug-likeness (QED) is 0.564. The molecule has 2 atom stereocenters. The normalized spacial score (nSPS) is 18.8. The maximum absolute atomic E-state index is 11.1. The van der Waals surface area contributed by atoms with Crippen molar-refractivity contribution in [2.24, 2.45) is 13.0 Å². The van der Waals surface area contributed by atoms with Gasteiger partial charge in [-0.1, -0.05) is 18.2 Å². The number of rotatable bonds is 2. The van der Waals surface area contributed by atoms with Gasteiger partial charge in [-0.2, -0.15) is 5.26 Å². The third-order valence-corrected chi connectivity index (χ3v) is 4.79. The van der Waals surface area contributed by atoms with E-state index in [4.69, 9.17) is 10.1 Å². The first-order chi connectivity index (χ1) is 12.5. The molecule has 0 amide bonds. The molecular weight excluding hydrogens is 332 g/mol. The molecule has 2 unspecified atom stereocenters. The number of aryl methyl sites for hydroxylation is 1. The second-order valence-corrected chi connectivity index (χ2v) is 6.25. The number of nitrogens with zero attached hydrogens (tertiary/aromatic N) is 3. The molecule has 0 bridgehead atoms. The SMILES string of the molecule is Cn1ccc2c3c(ccc21)C(c1cccc([N+](=O)[O-])c1)C(C#N)C(=N)O3. The Labute approximate surface area is 148 Å². The van der Waals surface area contributed by atoms with Gasteiger partial charge in [-0.05, 0) is 17.7 Å². The summed E-state index contributed by atoms with van der Waals surface area (Å²) in [6.07, 6.45) is 1.90. The van der Waals surface area contributed by atoms with Crippen LogP contribution in [0.2, 0.25) is 0 Å². The molecule has 0 fully saturated rings. The third-order valence-electron chi connectivity index (χ3n) is 4.79. The van der Waals surface area contributed by atoms with Crippen molar-refractivity contribution in [3.63, 3.8) is 0 Å². The summed E-state index contributed by atoms with van der Waals surface area (Å²) in [5.41, 5.74) is 2.28. The van der Waals surface area contributed by atoms with Crippen LogP contribution in [0.25, 0.3) is 10.9 Å². The first-order valence-electron chi connectivity index (χ1n) is 7.99. The van der Waals surface area contributed by atoms with Crippen LogP contribution in [0, 0.1) is 32.8 Å². The predicted molar refractivity (Wildman–Crippen MR) is 95.3 cm³/mol. The van der Waals surface area contributed by atoms with Crippen LogP contribution in [-0.4, -0.2) is 15.4 Å². The Balaban J connectivity index is 1.97. The zero-order valence-corrected chi connectivity index (χ0v) is 13.8. The van der Waals surface area contributed by atoms with Crippen molar-refractivity contribution >= 4 is 22.5 Å². The number of non-ortho nitro benzene ring substituents is 1. The zero-order chi connectivity index (χ0) is 18.4. The molecule has 2 heterocycles. The van der Waals surface area contributed by atoms with Crippen molar-refractivity contribution in [1.82, 2.24) is 4.57 Å². The summed E-state index contributed by atoms with van der Waals surface area (Å²) < 4.78 is 7.65. The van der Waals surface area contributed by atoms with Crippen molar-refractivity contribution in [2.45, 2.75) is 5.92 Å². The van der Waals surface area contributed by atoms with Crippen molar-refractivity contribution < 1.29 is 9.66 Å². The monoisotopic (exact) mass is 346 g/mol. The van der Waals surface area contributed by atoms with Crippen molar-refractivity contribution in [2.75, 3.05) is 0 Å². The molecule has 1 N–H and O–H groups in total. The summed E-state index contributed by atoms with van der Waals surface area (Å²) in [7, 11) is 1.92. The second kappa shape index (κ2) is 5.70. The van der Waals surface area contributed by atoms with E-state index in [-0.39, 0.29) is 11.6 Å². The van der Waals surface area contributed by atoms with Gasteiger partial charge in [-0.25, -0.2) is 0 Å². The smallest absolute Gasteiger partial charge is 0.269 e. The summed E-state index contributed by atoms with van der Waals surface area (Å²) in [6, 6.07) is 14.1. The minimum Gasteiger partial charge on any atom is -0.441 e. The highest BCUT2D eigenvalue weighted by Crippen LogP contribution is 2.45. The van der Waals surface area contributed by atoms with Crippen LogP contribution in [-0.2, 0) is 7.05 Å². The van der Waals surface area contributed by atoms with Crippen LogP contribution in [0.15, 0.2) is 48.7 Å². The third kappa shape index (κ3) is 2.24. The van der Waals surface area contributed by atoms with E-state index in [1.165, 1.54) is 12.1 Å². The first-order valence-corrected chi connectivity index (χ1v) is 7.99. The lowest BCUT2D eigenvalue weighted by Crippen LogP contribution is -2.31. The molecule has 7 nitrogen and oxygen atoms in total. The lowest BCUT2D eigenvalue weighted by Gasteiger charge is -2.30. The van der Waals surface area contributed by atoms with Crippen LogP contribution >= 0.6 is 0 Å². The van der Waals surface area contributed by atoms with E-state index in [1.54, 1.807) is 12.1 Å². The Morgan fingerprint density at radius 3 is 2.85 bits per heavy atom. The van der Waals surface area contributed by atoms with Gasteiger partial charge < -0.3 is 9.30 Å². The van der Waals surface area contributed by atoms with Crippen LogP contribution in [0.5, 0.6) is 5.75 Å². The molecule has 1 aromatic heterocycles. The average Bonchev–Trinajstić information content (AvgIpc) is 3.02. The molecule has 0 radical (unpaired) electrons. The zero-order valence-electron chi connectivity index (χ0n) is 13.8. The number of nitrogens with one attached hydrogen (secondary N) is 1. The van der Waals surface area contributed by atoms with Gasteiger partial charge in [-0.3, -0.25) is 15.5 Å². The summed E-state index contributed by atoms with van der Waals surface area (Å²) >= 11 is 0.